The monoisotopic (exact) mass is 120 g/mol. The van der Waals surface area contributed by atoms with Gasteiger partial charge in [0.1, 0.15) is 0 Å². The molecule has 0 aromatic carbocycles. The zero-order valence-corrected chi connectivity index (χ0v) is 5.64. The van der Waals surface area contributed by atoms with Crippen molar-refractivity contribution < 1.29 is 0 Å². The minimum Gasteiger partial charge on any atom is -0.129 e. The van der Waals surface area contributed by atoms with Crippen LogP contribution in [0.4, 0.5) is 0 Å². The van der Waals surface area contributed by atoms with Crippen LogP contribution in [0.1, 0.15) is 25.7 Å². The molecule has 0 N–H and O–H groups in total. The van der Waals surface area contributed by atoms with Gasteiger partial charge in [0.05, 0.1) is 0 Å². The van der Waals surface area contributed by atoms with E-state index in [0.29, 0.717) is 0 Å². The molecule has 0 radical (unpaired) electrons. The van der Waals surface area contributed by atoms with E-state index in [1.54, 1.807) is 0 Å². The van der Waals surface area contributed by atoms with E-state index in [0.717, 1.165) is 11.8 Å². The smallest absolute Gasteiger partial charge is 0.0152 e. The Bertz CT molecular complexity index is 147. The second-order valence-corrected chi connectivity index (χ2v) is 3.19. The molecule has 2 atom stereocenters. The van der Waals surface area contributed by atoms with Crippen LogP contribution in [0, 0.1) is 11.8 Å². The van der Waals surface area contributed by atoms with E-state index in [2.05, 4.69) is 17.9 Å². The second kappa shape index (κ2) is 2.04. The number of allylic oxidation sites excluding steroid dienone is 1. The molecule has 9 heavy (non-hydrogen) atoms. The molecule has 0 saturated heterocycles. The highest BCUT2D eigenvalue weighted by Crippen LogP contribution is 2.32. The lowest BCUT2D eigenvalue weighted by atomic mass is 9.79. The molecular formula is C9H12. The molecule has 2 aliphatic carbocycles. The molecule has 2 aliphatic rings. The maximum absolute atomic E-state index is 3.24. The summed E-state index contributed by atoms with van der Waals surface area (Å²) in [5.74, 6) is 1.77. The summed E-state index contributed by atoms with van der Waals surface area (Å²) in [6.07, 6.45) is 10.2. The van der Waals surface area contributed by atoms with Gasteiger partial charge in [0.25, 0.3) is 0 Å². The molecular weight excluding hydrogens is 108 g/mol. The average Bonchev–Trinajstić information content (AvgIpc) is 1.88. The van der Waals surface area contributed by atoms with E-state index in [9.17, 15) is 0 Å². The quantitative estimate of drug-likeness (QED) is 0.431. The van der Waals surface area contributed by atoms with Crippen LogP contribution >= 0.6 is 0 Å². The summed E-state index contributed by atoms with van der Waals surface area (Å²) < 4.78 is 0. The van der Waals surface area contributed by atoms with Gasteiger partial charge in [-0.25, -0.2) is 0 Å². The van der Waals surface area contributed by atoms with Crippen molar-refractivity contribution in [2.75, 3.05) is 0 Å². The Hall–Kier alpha value is -0.480. The first kappa shape index (κ1) is 5.32. The lowest BCUT2D eigenvalue weighted by molar-refractivity contribution is 0.346. The van der Waals surface area contributed by atoms with Gasteiger partial charge in [-0.05, 0) is 43.3 Å². The standard InChI is InChI=1S/C9H12/c1-3-8-5-2-6-9(4-1)7-8/h5-6,8-9H,1,3-4,7H2. The Balaban J connectivity index is 2.22. The van der Waals surface area contributed by atoms with Crippen molar-refractivity contribution in [2.45, 2.75) is 25.7 Å². The van der Waals surface area contributed by atoms with Gasteiger partial charge in [-0.2, -0.15) is 0 Å². The number of hydrogen-bond donors (Lipinski definition) is 0. The van der Waals surface area contributed by atoms with Crippen LogP contribution < -0.4 is 0 Å². The fraction of sp³-hybridized carbons (Fsp3) is 0.667. The maximum Gasteiger partial charge on any atom is -0.0152 e. The summed E-state index contributed by atoms with van der Waals surface area (Å²) in [7, 11) is 0. The first-order chi connectivity index (χ1) is 4.45. The molecule has 0 amide bonds. The third-order valence-corrected chi connectivity index (χ3v) is 2.42. The van der Waals surface area contributed by atoms with E-state index < -0.39 is 0 Å². The van der Waals surface area contributed by atoms with Gasteiger partial charge in [-0.15, -0.1) is 5.73 Å². The van der Waals surface area contributed by atoms with Crippen molar-refractivity contribution in [1.29, 1.82) is 0 Å². The Kier molecular flexibility index (Phi) is 1.20. The van der Waals surface area contributed by atoms with Gasteiger partial charge >= 0.3 is 0 Å². The van der Waals surface area contributed by atoms with Crippen molar-refractivity contribution in [1.82, 2.24) is 0 Å². The predicted octanol–water partition coefficient (Wildman–Crippen LogP) is 2.52. The van der Waals surface area contributed by atoms with E-state index in [1.165, 1.54) is 25.7 Å². The Morgan fingerprint density at radius 2 is 1.78 bits per heavy atom. The lowest BCUT2D eigenvalue weighted by Crippen LogP contribution is -2.13. The van der Waals surface area contributed by atoms with Crippen LogP contribution in [0.3, 0.4) is 0 Å². The van der Waals surface area contributed by atoms with E-state index in [-0.39, 0.29) is 0 Å². The minimum absolute atomic E-state index is 0.883. The fourth-order valence-corrected chi connectivity index (χ4v) is 1.90. The van der Waals surface area contributed by atoms with Gasteiger partial charge in [0.15, 0.2) is 0 Å². The summed E-state index contributed by atoms with van der Waals surface area (Å²) in [6.45, 7) is 0. The van der Waals surface area contributed by atoms with Gasteiger partial charge in [0, 0.05) is 0 Å². The molecule has 2 unspecified atom stereocenters. The zero-order chi connectivity index (χ0) is 6.10. The highest BCUT2D eigenvalue weighted by Gasteiger charge is 2.19. The van der Waals surface area contributed by atoms with Crippen molar-refractivity contribution in [2.24, 2.45) is 11.8 Å². The second-order valence-electron chi connectivity index (χ2n) is 3.19. The van der Waals surface area contributed by atoms with E-state index in [4.69, 9.17) is 0 Å². The van der Waals surface area contributed by atoms with Crippen molar-refractivity contribution in [3.05, 3.63) is 17.9 Å². The SMILES string of the molecule is C1=CC2CCCC(C=1)C2. The summed E-state index contributed by atoms with van der Waals surface area (Å²) >= 11 is 0. The highest BCUT2D eigenvalue weighted by atomic mass is 14.2. The summed E-state index contributed by atoms with van der Waals surface area (Å²) in [4.78, 5) is 0. The van der Waals surface area contributed by atoms with Crippen molar-refractivity contribution in [3.8, 4) is 0 Å². The van der Waals surface area contributed by atoms with E-state index in [1.807, 2.05) is 0 Å². The van der Waals surface area contributed by atoms with Crippen LogP contribution in [0.5, 0.6) is 0 Å². The first-order valence-corrected chi connectivity index (χ1v) is 3.88. The topological polar surface area (TPSA) is 0 Å². The molecule has 48 valence electrons. The molecule has 0 heterocycles. The molecule has 0 heteroatoms. The van der Waals surface area contributed by atoms with Gasteiger partial charge in [-0.1, -0.05) is 6.42 Å². The molecule has 0 spiro atoms. The number of fused-ring (bicyclic) bond motifs is 2. The zero-order valence-electron chi connectivity index (χ0n) is 5.64. The fourth-order valence-electron chi connectivity index (χ4n) is 1.90. The summed E-state index contributed by atoms with van der Waals surface area (Å²) in [6, 6.07) is 0. The molecule has 0 aromatic heterocycles. The third kappa shape index (κ3) is 0.951. The Morgan fingerprint density at radius 1 is 1.11 bits per heavy atom. The van der Waals surface area contributed by atoms with Gasteiger partial charge in [0.2, 0.25) is 0 Å². The molecule has 0 aromatic rings. The molecule has 2 rings (SSSR count). The van der Waals surface area contributed by atoms with Crippen molar-refractivity contribution >= 4 is 0 Å². The van der Waals surface area contributed by atoms with Gasteiger partial charge in [-0.3, -0.25) is 0 Å². The van der Waals surface area contributed by atoms with Crippen LogP contribution in [0.2, 0.25) is 0 Å². The van der Waals surface area contributed by atoms with E-state index >= 15 is 0 Å². The Labute approximate surface area is 56.3 Å². The first-order valence-electron chi connectivity index (χ1n) is 3.88. The average molecular weight is 120 g/mol. The molecule has 0 aliphatic heterocycles. The highest BCUT2D eigenvalue weighted by molar-refractivity contribution is 5.02. The predicted molar refractivity (Wildman–Crippen MR) is 38.1 cm³/mol. The van der Waals surface area contributed by atoms with Crippen LogP contribution in [-0.2, 0) is 0 Å². The molecule has 0 nitrogen and oxygen atoms in total. The minimum atomic E-state index is 0.883. The number of hydrogen-bond acceptors (Lipinski definition) is 0. The van der Waals surface area contributed by atoms with Crippen LogP contribution in [0.15, 0.2) is 17.9 Å². The Morgan fingerprint density at radius 3 is 2.33 bits per heavy atom. The summed E-state index contributed by atoms with van der Waals surface area (Å²) in [5, 5.41) is 0. The van der Waals surface area contributed by atoms with Crippen LogP contribution in [0.25, 0.3) is 0 Å². The van der Waals surface area contributed by atoms with Crippen LogP contribution in [-0.4, -0.2) is 0 Å². The molecule has 1 fully saturated rings. The number of rotatable bonds is 0. The third-order valence-electron chi connectivity index (χ3n) is 2.42. The summed E-state index contributed by atoms with van der Waals surface area (Å²) in [5.41, 5.74) is 3.24. The maximum atomic E-state index is 3.24. The molecule has 2 bridgehead atoms. The van der Waals surface area contributed by atoms with Crippen molar-refractivity contribution in [3.63, 3.8) is 0 Å². The lowest BCUT2D eigenvalue weighted by Gasteiger charge is -2.26. The normalized spacial score (nSPS) is 39.1. The largest absolute Gasteiger partial charge is 0.129 e. The van der Waals surface area contributed by atoms with Gasteiger partial charge < -0.3 is 0 Å². The molecule has 1 saturated carbocycles.